The van der Waals surface area contributed by atoms with Gasteiger partial charge in [0.2, 0.25) is 0 Å². The molecule has 0 amide bonds. The summed E-state index contributed by atoms with van der Waals surface area (Å²) in [6.45, 7) is 0.377. The van der Waals surface area contributed by atoms with Crippen molar-refractivity contribution in [2.75, 3.05) is 18.0 Å². The van der Waals surface area contributed by atoms with Gasteiger partial charge in [-0.1, -0.05) is 48.0 Å². The third-order valence-electron chi connectivity index (χ3n) is 6.54. The summed E-state index contributed by atoms with van der Waals surface area (Å²) >= 11 is 6.05. The van der Waals surface area contributed by atoms with Gasteiger partial charge in [0.1, 0.15) is 11.9 Å². The van der Waals surface area contributed by atoms with Gasteiger partial charge in [-0.15, -0.1) is 0 Å². The Morgan fingerprint density at radius 2 is 1.79 bits per heavy atom. The average Bonchev–Trinajstić information content (AvgIpc) is 2.93. The van der Waals surface area contributed by atoms with E-state index in [0.29, 0.717) is 12.5 Å². The minimum Gasteiger partial charge on any atom is -0.486 e. The van der Waals surface area contributed by atoms with Gasteiger partial charge in [0, 0.05) is 29.5 Å². The highest BCUT2D eigenvalue weighted by Gasteiger charge is 2.36. The second-order valence-electron chi connectivity index (χ2n) is 9.57. The predicted molar refractivity (Wildman–Crippen MR) is 148 cm³/mol. The van der Waals surface area contributed by atoms with Crippen LogP contribution in [-0.4, -0.2) is 34.1 Å². The summed E-state index contributed by atoms with van der Waals surface area (Å²) in [6.07, 6.45) is -2.92. The molecule has 42 heavy (non-hydrogen) atoms. The van der Waals surface area contributed by atoms with Crippen molar-refractivity contribution < 1.29 is 44.6 Å². The molecule has 0 unspecified atom stereocenters. The molecule has 0 saturated heterocycles. The highest BCUT2D eigenvalue weighted by atomic mass is 35.5. The van der Waals surface area contributed by atoms with E-state index in [9.17, 15) is 35.2 Å². The number of benzene rings is 3. The first-order valence-electron chi connectivity index (χ1n) is 12.5. The number of rotatable bonds is 8. The van der Waals surface area contributed by atoms with Crippen molar-refractivity contribution in [3.05, 3.63) is 87.9 Å². The lowest BCUT2D eigenvalue weighted by molar-refractivity contribution is -0.141. The molecule has 0 aromatic heterocycles. The largest absolute Gasteiger partial charge is 0.486 e. The number of fused-ring (bicyclic) bond motifs is 1. The van der Waals surface area contributed by atoms with Gasteiger partial charge < -0.3 is 9.47 Å². The van der Waals surface area contributed by atoms with Crippen molar-refractivity contribution in [1.29, 1.82) is 0 Å². The number of carbonyl (C=O) groups is 1. The van der Waals surface area contributed by atoms with Gasteiger partial charge in [-0.3, -0.25) is 9.10 Å². The average molecular weight is 630 g/mol. The van der Waals surface area contributed by atoms with Crippen molar-refractivity contribution in [2.24, 2.45) is 0 Å². The van der Waals surface area contributed by atoms with E-state index in [1.54, 1.807) is 0 Å². The highest BCUT2D eigenvalue weighted by molar-refractivity contribution is 7.92. The van der Waals surface area contributed by atoms with Crippen LogP contribution in [0.25, 0.3) is 12.2 Å². The molecule has 0 aliphatic carbocycles. The fraction of sp³-hybridized carbons (Fsp3) is 0.276. The number of nitrogens with zero attached hydrogens (tertiary/aromatic N) is 1. The molecule has 13 heteroatoms. The quantitative estimate of drug-likeness (QED) is 0.146. The Labute approximate surface area is 244 Å². The van der Waals surface area contributed by atoms with Gasteiger partial charge in [-0.2, -0.15) is 13.2 Å². The first kappa shape index (κ1) is 31.3. The van der Waals surface area contributed by atoms with Crippen LogP contribution >= 0.6 is 11.6 Å². The molecule has 0 radical (unpaired) electrons. The number of anilines is 1. The molecule has 3 aromatic rings. The maximum atomic E-state index is 14.0. The first-order chi connectivity index (χ1) is 19.6. The van der Waals surface area contributed by atoms with Crippen molar-refractivity contribution in [3.8, 4) is 5.75 Å². The van der Waals surface area contributed by atoms with E-state index < -0.39 is 50.2 Å². The summed E-state index contributed by atoms with van der Waals surface area (Å²) in [5.74, 6) is -3.72. The summed E-state index contributed by atoms with van der Waals surface area (Å²) in [7, 11) is -3.23. The van der Waals surface area contributed by atoms with Crippen LogP contribution in [0.1, 0.15) is 42.0 Å². The van der Waals surface area contributed by atoms with E-state index in [0.717, 1.165) is 22.5 Å². The Balaban J connectivity index is 1.77. The summed E-state index contributed by atoms with van der Waals surface area (Å²) in [5, 5.41) is -0.132. The lowest BCUT2D eigenvalue weighted by Crippen LogP contribution is -2.43. The monoisotopic (exact) mass is 629 g/mol. The highest BCUT2D eigenvalue weighted by Crippen LogP contribution is 2.40. The number of halogens is 6. The molecule has 0 saturated carbocycles. The van der Waals surface area contributed by atoms with E-state index in [4.69, 9.17) is 16.3 Å². The fourth-order valence-corrected chi connectivity index (χ4v) is 6.16. The molecule has 0 spiro atoms. The maximum absolute atomic E-state index is 14.0. The van der Waals surface area contributed by atoms with Crippen LogP contribution in [-0.2, 0) is 31.7 Å². The van der Waals surface area contributed by atoms with E-state index in [-0.39, 0.29) is 41.4 Å². The fourth-order valence-electron chi connectivity index (χ4n) is 4.38. The SMILES string of the molecule is COC(=O)CC[C@H]1CN(S(=O)(=O)c2cccc(C(C)(F)F)c2)c2cc(/C=C/c3c(Cl)cccc3C(F)(F)F)ccc2O1. The Bertz CT molecular complexity index is 1620. The molecule has 1 aliphatic rings. The lowest BCUT2D eigenvalue weighted by Gasteiger charge is -2.35. The summed E-state index contributed by atoms with van der Waals surface area (Å²) in [5.41, 5.74) is -1.37. The number of ether oxygens (including phenoxy) is 2. The topological polar surface area (TPSA) is 72.9 Å². The van der Waals surface area contributed by atoms with Gasteiger partial charge >= 0.3 is 12.1 Å². The normalized spacial score (nSPS) is 15.8. The van der Waals surface area contributed by atoms with Crippen LogP contribution < -0.4 is 9.04 Å². The standard InChI is InChI=1S/C29H25ClF5NO5S/c1-28(31,32)19-5-3-6-21(16-19)42(38,39)36-17-20(11-14-27(37)40-2)41-26-13-10-18(15-25(26)36)9-12-22-23(29(33,34)35)7-4-8-24(22)30/h3-10,12-13,15-16,20H,11,14,17H2,1-2H3/b12-9+/t20-/m0/s1. The molecular formula is C29H25ClF5NO5S. The number of carbonyl (C=O) groups excluding carboxylic acids is 1. The van der Waals surface area contributed by atoms with Crippen LogP contribution in [0.4, 0.5) is 27.6 Å². The molecule has 0 N–H and O–H groups in total. The molecule has 6 nitrogen and oxygen atoms in total. The molecule has 0 fully saturated rings. The summed E-state index contributed by atoms with van der Waals surface area (Å²) in [4.78, 5) is 11.3. The number of alkyl halides is 5. The van der Waals surface area contributed by atoms with E-state index in [1.807, 2.05) is 0 Å². The number of hydrogen-bond acceptors (Lipinski definition) is 5. The van der Waals surface area contributed by atoms with Crippen molar-refractivity contribution >= 4 is 45.4 Å². The number of esters is 1. The molecule has 0 bridgehead atoms. The smallest absolute Gasteiger partial charge is 0.417 e. The molecule has 3 aromatic carbocycles. The van der Waals surface area contributed by atoms with Gasteiger partial charge in [0.15, 0.2) is 0 Å². The molecule has 4 rings (SSSR count). The van der Waals surface area contributed by atoms with Crippen LogP contribution in [0.15, 0.2) is 65.6 Å². The number of hydrogen-bond donors (Lipinski definition) is 0. The molecule has 1 heterocycles. The zero-order valence-corrected chi connectivity index (χ0v) is 23.9. The molecule has 1 aliphatic heterocycles. The first-order valence-corrected chi connectivity index (χ1v) is 14.4. The van der Waals surface area contributed by atoms with Crippen LogP contribution in [0, 0.1) is 0 Å². The van der Waals surface area contributed by atoms with Gasteiger partial charge in [-0.05, 0) is 48.4 Å². The molecule has 1 atom stereocenters. The second kappa shape index (κ2) is 11.9. The lowest BCUT2D eigenvalue weighted by atomic mass is 10.0. The zero-order chi connectivity index (χ0) is 30.9. The minimum atomic E-state index is -4.66. The summed E-state index contributed by atoms with van der Waals surface area (Å²) < 4.78 is 108. The number of methoxy groups -OCH3 is 1. The maximum Gasteiger partial charge on any atom is 0.417 e. The van der Waals surface area contributed by atoms with E-state index in [2.05, 4.69) is 4.74 Å². The van der Waals surface area contributed by atoms with Gasteiger partial charge in [0.05, 0.1) is 29.8 Å². The van der Waals surface area contributed by atoms with Gasteiger partial charge in [0.25, 0.3) is 15.9 Å². The molecular weight excluding hydrogens is 605 g/mol. The second-order valence-corrected chi connectivity index (χ2v) is 11.8. The summed E-state index contributed by atoms with van der Waals surface area (Å²) in [6, 6.07) is 12.1. The van der Waals surface area contributed by atoms with Crippen molar-refractivity contribution in [2.45, 2.75) is 42.9 Å². The Morgan fingerprint density at radius 1 is 1.07 bits per heavy atom. The van der Waals surface area contributed by atoms with Crippen LogP contribution in [0.5, 0.6) is 5.75 Å². The predicted octanol–water partition coefficient (Wildman–Crippen LogP) is 7.55. The Kier molecular flexibility index (Phi) is 8.89. The van der Waals surface area contributed by atoms with Crippen molar-refractivity contribution in [1.82, 2.24) is 0 Å². The zero-order valence-electron chi connectivity index (χ0n) is 22.3. The van der Waals surface area contributed by atoms with Crippen LogP contribution in [0.3, 0.4) is 0 Å². The van der Waals surface area contributed by atoms with Crippen molar-refractivity contribution in [3.63, 3.8) is 0 Å². The van der Waals surface area contributed by atoms with Gasteiger partial charge in [-0.25, -0.2) is 17.2 Å². The van der Waals surface area contributed by atoms with E-state index in [1.165, 1.54) is 61.7 Å². The third kappa shape index (κ3) is 6.87. The minimum absolute atomic E-state index is 0.0373. The third-order valence-corrected chi connectivity index (χ3v) is 8.65. The van der Waals surface area contributed by atoms with E-state index >= 15 is 0 Å². The van der Waals surface area contributed by atoms with Crippen LogP contribution in [0.2, 0.25) is 5.02 Å². The Morgan fingerprint density at radius 3 is 2.45 bits per heavy atom. The number of sulfonamides is 1. The Hall–Kier alpha value is -3.64. The molecule has 224 valence electrons.